The van der Waals surface area contributed by atoms with E-state index in [0.717, 1.165) is 0 Å². The maximum absolute atomic E-state index is 9.96. The quantitative estimate of drug-likeness (QED) is 0.478. The molecule has 0 atom stereocenters. The van der Waals surface area contributed by atoms with Gasteiger partial charge in [0.15, 0.2) is 0 Å². The van der Waals surface area contributed by atoms with Crippen molar-refractivity contribution in [2.24, 2.45) is 0 Å². The number of hydrogen-bond acceptors (Lipinski definition) is 2. The number of carbonyl (C=O) groups excluding carboxylic acids is 1. The zero-order valence-electron chi connectivity index (χ0n) is 4.52. The van der Waals surface area contributed by atoms with Crippen LogP contribution in [0, 0.1) is 0 Å². The Labute approximate surface area is 50.3 Å². The third-order valence-electron chi connectivity index (χ3n) is 0.516. The van der Waals surface area contributed by atoms with E-state index in [9.17, 15) is 4.79 Å². The fourth-order valence-corrected chi connectivity index (χ4v) is 0.144. The van der Waals surface area contributed by atoms with Crippen LogP contribution in [-0.4, -0.2) is 13.1 Å². The molecule has 0 aliphatic rings. The summed E-state index contributed by atoms with van der Waals surface area (Å²) in [6.07, 6.45) is 0.469. The lowest BCUT2D eigenvalue weighted by Crippen LogP contribution is -1.94. The van der Waals surface area contributed by atoms with Crippen molar-refractivity contribution in [3.05, 3.63) is 0 Å². The van der Waals surface area contributed by atoms with Crippen molar-refractivity contribution in [2.75, 3.05) is 7.11 Å². The van der Waals surface area contributed by atoms with Gasteiger partial charge in [0, 0.05) is 6.42 Å². The highest BCUT2D eigenvalue weighted by Crippen LogP contribution is 1.76. The van der Waals surface area contributed by atoms with E-state index in [2.05, 4.69) is 4.74 Å². The monoisotopic (exact) mass is 122 g/mol. The van der Waals surface area contributed by atoms with Gasteiger partial charge in [-0.25, -0.2) is 0 Å². The molecule has 0 unspecified atom stereocenters. The van der Waals surface area contributed by atoms with E-state index in [0.29, 0.717) is 6.42 Å². The minimum Gasteiger partial charge on any atom is -0.469 e. The van der Waals surface area contributed by atoms with Gasteiger partial charge in [-0.15, -0.1) is 0 Å². The third-order valence-corrected chi connectivity index (χ3v) is 0.516. The van der Waals surface area contributed by atoms with Gasteiger partial charge >= 0.3 is 5.97 Å². The molecule has 2 nitrogen and oxygen atoms in total. The first kappa shape index (κ1) is 9.94. The molecule has 0 saturated carbocycles. The molecule has 0 aromatic rings. The molecule has 0 N–H and O–H groups in total. The summed E-state index contributed by atoms with van der Waals surface area (Å²) < 4.78 is 4.26. The van der Waals surface area contributed by atoms with Crippen LogP contribution in [0.25, 0.3) is 0 Å². The molecule has 0 aliphatic carbocycles. The highest BCUT2D eigenvalue weighted by Gasteiger charge is 1.87. The number of rotatable bonds is 1. The van der Waals surface area contributed by atoms with Crippen molar-refractivity contribution in [1.29, 1.82) is 0 Å². The number of methoxy groups -OCH3 is 1. The van der Waals surface area contributed by atoms with Gasteiger partial charge in [-0.05, 0) is 0 Å². The Bertz CT molecular complexity index is 47.7. The molecule has 0 aliphatic heterocycles. The van der Waals surface area contributed by atoms with E-state index < -0.39 is 0 Å². The van der Waals surface area contributed by atoms with E-state index >= 15 is 0 Å². The fraction of sp³-hybridized carbons (Fsp3) is 0.750. The molecule has 7 heavy (non-hydrogen) atoms. The van der Waals surface area contributed by atoms with Gasteiger partial charge in [0.05, 0.1) is 7.11 Å². The lowest BCUT2D eigenvalue weighted by Gasteiger charge is -1.87. The minimum atomic E-state index is -0.157. The van der Waals surface area contributed by atoms with E-state index in [-0.39, 0.29) is 19.5 Å². The van der Waals surface area contributed by atoms with Gasteiger partial charge < -0.3 is 4.74 Å². The smallest absolute Gasteiger partial charge is 0.305 e. The molecular formula is C4H10O2S. The predicted octanol–water partition coefficient (Wildman–Crippen LogP) is 0.682. The second kappa shape index (κ2) is 5.82. The van der Waals surface area contributed by atoms with Gasteiger partial charge in [-0.3, -0.25) is 4.79 Å². The van der Waals surface area contributed by atoms with E-state index in [1.165, 1.54) is 7.11 Å². The van der Waals surface area contributed by atoms with Gasteiger partial charge in [0.25, 0.3) is 0 Å². The van der Waals surface area contributed by atoms with Crippen molar-refractivity contribution >= 4 is 19.5 Å². The van der Waals surface area contributed by atoms with Crippen LogP contribution in [0.15, 0.2) is 0 Å². The summed E-state index contributed by atoms with van der Waals surface area (Å²) in [5, 5.41) is 0. The Kier molecular flexibility index (Phi) is 8.27. The molecule has 0 aromatic heterocycles. The molecule has 0 fully saturated rings. The van der Waals surface area contributed by atoms with Crippen LogP contribution >= 0.6 is 13.5 Å². The summed E-state index contributed by atoms with van der Waals surface area (Å²) in [5.74, 6) is -0.157. The summed E-state index contributed by atoms with van der Waals surface area (Å²) in [4.78, 5) is 9.96. The van der Waals surface area contributed by atoms with Crippen LogP contribution in [0.1, 0.15) is 13.3 Å². The molecule has 0 spiro atoms. The van der Waals surface area contributed by atoms with Gasteiger partial charge in [-0.1, -0.05) is 6.92 Å². The first-order chi connectivity index (χ1) is 2.81. The van der Waals surface area contributed by atoms with E-state index in [4.69, 9.17) is 0 Å². The summed E-state index contributed by atoms with van der Waals surface area (Å²) in [5.41, 5.74) is 0. The molecule has 0 saturated heterocycles. The SMILES string of the molecule is CCC(=O)OC.S. The Morgan fingerprint density at radius 3 is 2.14 bits per heavy atom. The van der Waals surface area contributed by atoms with Crippen molar-refractivity contribution in [3.63, 3.8) is 0 Å². The standard InChI is InChI=1S/C4H8O2.H2S/c1-3-4(5)6-2;/h3H2,1-2H3;1H2. The van der Waals surface area contributed by atoms with Crippen molar-refractivity contribution in [1.82, 2.24) is 0 Å². The number of ether oxygens (including phenoxy) is 1. The molecule has 0 heterocycles. The van der Waals surface area contributed by atoms with Gasteiger partial charge in [-0.2, -0.15) is 13.5 Å². The Balaban J connectivity index is 0. The van der Waals surface area contributed by atoms with Crippen LogP contribution in [0.3, 0.4) is 0 Å². The zero-order chi connectivity index (χ0) is 4.99. The van der Waals surface area contributed by atoms with Gasteiger partial charge in [0.1, 0.15) is 0 Å². The molecule has 3 heteroatoms. The number of esters is 1. The summed E-state index contributed by atoms with van der Waals surface area (Å²) >= 11 is 0. The largest absolute Gasteiger partial charge is 0.469 e. The molecule has 0 radical (unpaired) electrons. The highest BCUT2D eigenvalue weighted by molar-refractivity contribution is 7.59. The van der Waals surface area contributed by atoms with Crippen LogP contribution < -0.4 is 0 Å². The highest BCUT2D eigenvalue weighted by atomic mass is 32.1. The van der Waals surface area contributed by atoms with Crippen LogP contribution in [0.5, 0.6) is 0 Å². The average molecular weight is 122 g/mol. The number of hydrogen-bond donors (Lipinski definition) is 0. The average Bonchev–Trinajstić information content (AvgIpc) is 1.65. The topological polar surface area (TPSA) is 26.3 Å². The lowest BCUT2D eigenvalue weighted by molar-refractivity contribution is -0.140. The molecule has 0 amide bonds. The Morgan fingerprint density at radius 2 is 2.14 bits per heavy atom. The molecule has 44 valence electrons. The lowest BCUT2D eigenvalue weighted by atomic mass is 10.5. The Morgan fingerprint density at radius 1 is 1.71 bits per heavy atom. The van der Waals surface area contributed by atoms with Crippen molar-refractivity contribution in [3.8, 4) is 0 Å². The second-order valence-electron chi connectivity index (χ2n) is 0.930. The van der Waals surface area contributed by atoms with E-state index in [1.807, 2.05) is 0 Å². The van der Waals surface area contributed by atoms with E-state index in [1.54, 1.807) is 6.92 Å². The maximum atomic E-state index is 9.96. The summed E-state index contributed by atoms with van der Waals surface area (Å²) in [6, 6.07) is 0. The summed E-state index contributed by atoms with van der Waals surface area (Å²) in [7, 11) is 1.38. The van der Waals surface area contributed by atoms with Crippen LogP contribution in [0.2, 0.25) is 0 Å². The predicted molar refractivity (Wildman–Crippen MR) is 32.7 cm³/mol. The summed E-state index contributed by atoms with van der Waals surface area (Å²) in [6.45, 7) is 1.76. The van der Waals surface area contributed by atoms with Crippen molar-refractivity contribution in [2.45, 2.75) is 13.3 Å². The number of carbonyl (C=O) groups is 1. The molecule has 0 rings (SSSR count). The maximum Gasteiger partial charge on any atom is 0.305 e. The van der Waals surface area contributed by atoms with Crippen LogP contribution in [0.4, 0.5) is 0 Å². The first-order valence-electron chi connectivity index (χ1n) is 1.88. The van der Waals surface area contributed by atoms with Crippen molar-refractivity contribution < 1.29 is 9.53 Å². The Hall–Kier alpha value is -0.180. The molecule has 0 aromatic carbocycles. The first-order valence-corrected chi connectivity index (χ1v) is 1.88. The normalized spacial score (nSPS) is 6.57. The zero-order valence-corrected chi connectivity index (χ0v) is 5.52. The fourth-order valence-electron chi connectivity index (χ4n) is 0.144. The van der Waals surface area contributed by atoms with Crippen LogP contribution in [-0.2, 0) is 9.53 Å². The second-order valence-corrected chi connectivity index (χ2v) is 0.930. The molecule has 0 bridgehead atoms. The van der Waals surface area contributed by atoms with Gasteiger partial charge in [0.2, 0.25) is 0 Å². The third kappa shape index (κ3) is 5.82. The minimum absolute atomic E-state index is 0. The molecular weight excluding hydrogens is 112 g/mol.